The molecule has 24 heavy (non-hydrogen) atoms. The van der Waals surface area contributed by atoms with Gasteiger partial charge >= 0.3 is 5.97 Å². The molecule has 120 valence electrons. The van der Waals surface area contributed by atoms with E-state index in [1.807, 2.05) is 54.6 Å². The van der Waals surface area contributed by atoms with Crippen LogP contribution in [0.15, 0.2) is 78.9 Å². The number of carbonyl (C=O) groups is 1. The fourth-order valence-corrected chi connectivity index (χ4v) is 2.19. The van der Waals surface area contributed by atoms with E-state index in [-0.39, 0.29) is 12.4 Å². The molecule has 0 bridgehead atoms. The number of hydrogen-bond donors (Lipinski definition) is 1. The van der Waals surface area contributed by atoms with Gasteiger partial charge in [0.15, 0.2) is 0 Å². The molecule has 1 N–H and O–H groups in total. The molecule has 0 saturated heterocycles. The Morgan fingerprint density at radius 2 is 1.58 bits per heavy atom. The Bertz CT molecular complexity index is 828. The second-order valence-electron chi connectivity index (χ2n) is 5.19. The van der Waals surface area contributed by atoms with Crippen molar-refractivity contribution in [3.8, 4) is 17.2 Å². The molecule has 0 spiro atoms. The van der Waals surface area contributed by atoms with Crippen LogP contribution in [0.3, 0.4) is 0 Å². The molecule has 3 aromatic carbocycles. The molecular weight excluding hydrogens is 304 g/mol. The number of esters is 1. The third kappa shape index (κ3) is 4.14. The summed E-state index contributed by atoms with van der Waals surface area (Å²) in [6.07, 6.45) is 0. The third-order valence-corrected chi connectivity index (χ3v) is 3.33. The first kappa shape index (κ1) is 15.6. The van der Waals surface area contributed by atoms with Gasteiger partial charge in [0.05, 0.1) is 5.56 Å². The molecule has 0 saturated carbocycles. The van der Waals surface area contributed by atoms with E-state index < -0.39 is 5.97 Å². The summed E-state index contributed by atoms with van der Waals surface area (Å²) in [5, 5.41) is 9.40. The summed E-state index contributed by atoms with van der Waals surface area (Å²) in [4.78, 5) is 12.0. The predicted molar refractivity (Wildman–Crippen MR) is 90.2 cm³/mol. The van der Waals surface area contributed by atoms with Gasteiger partial charge in [-0.15, -0.1) is 0 Å². The molecule has 0 atom stereocenters. The monoisotopic (exact) mass is 320 g/mol. The van der Waals surface area contributed by atoms with Gasteiger partial charge < -0.3 is 14.6 Å². The number of rotatable bonds is 5. The number of para-hydroxylation sites is 1. The Balaban J connectivity index is 1.63. The van der Waals surface area contributed by atoms with E-state index in [0.717, 1.165) is 11.3 Å². The van der Waals surface area contributed by atoms with E-state index in [0.29, 0.717) is 11.3 Å². The highest BCUT2D eigenvalue weighted by molar-refractivity contribution is 5.89. The van der Waals surface area contributed by atoms with Crippen molar-refractivity contribution in [2.24, 2.45) is 0 Å². The van der Waals surface area contributed by atoms with Gasteiger partial charge in [0, 0.05) is 0 Å². The smallest absolute Gasteiger partial charge is 0.338 e. The maximum atomic E-state index is 12.0. The van der Waals surface area contributed by atoms with Crippen LogP contribution in [0.25, 0.3) is 0 Å². The van der Waals surface area contributed by atoms with Gasteiger partial charge in [0.25, 0.3) is 0 Å². The predicted octanol–water partition coefficient (Wildman–Crippen LogP) is 4.54. The lowest BCUT2D eigenvalue weighted by Crippen LogP contribution is -2.05. The van der Waals surface area contributed by atoms with E-state index in [1.165, 1.54) is 12.1 Å². The van der Waals surface area contributed by atoms with Crippen LogP contribution in [0.1, 0.15) is 15.9 Å². The fourth-order valence-electron chi connectivity index (χ4n) is 2.19. The van der Waals surface area contributed by atoms with Gasteiger partial charge in [-0.25, -0.2) is 4.79 Å². The molecule has 3 rings (SSSR count). The van der Waals surface area contributed by atoms with Crippen LogP contribution in [0, 0.1) is 0 Å². The van der Waals surface area contributed by atoms with Gasteiger partial charge in [0.2, 0.25) is 0 Å². The second kappa shape index (κ2) is 7.33. The molecule has 0 heterocycles. The highest BCUT2D eigenvalue weighted by Gasteiger charge is 2.08. The minimum atomic E-state index is -0.486. The molecule has 4 heteroatoms. The maximum absolute atomic E-state index is 12.0. The van der Waals surface area contributed by atoms with Crippen molar-refractivity contribution >= 4 is 5.97 Å². The van der Waals surface area contributed by atoms with E-state index in [9.17, 15) is 9.90 Å². The van der Waals surface area contributed by atoms with Crippen molar-refractivity contribution in [2.75, 3.05) is 0 Å². The number of phenolic OH excluding ortho intramolecular Hbond substituents is 1. The van der Waals surface area contributed by atoms with Crippen molar-refractivity contribution in [2.45, 2.75) is 6.61 Å². The Hall–Kier alpha value is -3.27. The molecule has 0 aromatic heterocycles. The van der Waals surface area contributed by atoms with Crippen molar-refractivity contribution in [1.29, 1.82) is 0 Å². The summed E-state index contributed by atoms with van der Waals surface area (Å²) in [7, 11) is 0. The number of carbonyl (C=O) groups excluding carboxylic acids is 1. The second-order valence-corrected chi connectivity index (χ2v) is 5.19. The quantitative estimate of drug-likeness (QED) is 0.701. The maximum Gasteiger partial charge on any atom is 0.338 e. The topological polar surface area (TPSA) is 55.8 Å². The SMILES string of the molecule is O=C(OCc1cccc(Oc2ccccc2)c1)c1cccc(O)c1. The molecule has 0 amide bonds. The Morgan fingerprint density at radius 3 is 2.38 bits per heavy atom. The van der Waals surface area contributed by atoms with Crippen molar-refractivity contribution < 1.29 is 19.4 Å². The molecule has 4 nitrogen and oxygen atoms in total. The van der Waals surface area contributed by atoms with E-state index in [4.69, 9.17) is 9.47 Å². The zero-order valence-corrected chi connectivity index (χ0v) is 12.9. The lowest BCUT2D eigenvalue weighted by Gasteiger charge is -2.08. The number of ether oxygens (including phenoxy) is 2. The van der Waals surface area contributed by atoms with Gasteiger partial charge in [-0.3, -0.25) is 0 Å². The van der Waals surface area contributed by atoms with Crippen LogP contribution in [0.5, 0.6) is 17.2 Å². The van der Waals surface area contributed by atoms with Crippen molar-refractivity contribution in [3.05, 3.63) is 90.0 Å². The van der Waals surface area contributed by atoms with E-state index in [1.54, 1.807) is 12.1 Å². The lowest BCUT2D eigenvalue weighted by molar-refractivity contribution is 0.0472. The number of hydrogen-bond acceptors (Lipinski definition) is 4. The molecule has 3 aromatic rings. The lowest BCUT2D eigenvalue weighted by atomic mass is 10.2. The van der Waals surface area contributed by atoms with Crippen LogP contribution in [-0.4, -0.2) is 11.1 Å². The molecular formula is C20H16O4. The number of aromatic hydroxyl groups is 1. The van der Waals surface area contributed by atoms with Crippen LogP contribution in [0.4, 0.5) is 0 Å². The number of benzene rings is 3. The highest BCUT2D eigenvalue weighted by atomic mass is 16.5. The third-order valence-electron chi connectivity index (χ3n) is 3.33. The largest absolute Gasteiger partial charge is 0.508 e. The summed E-state index contributed by atoms with van der Waals surface area (Å²) >= 11 is 0. The summed E-state index contributed by atoms with van der Waals surface area (Å²) in [5.41, 5.74) is 1.13. The average Bonchev–Trinajstić information content (AvgIpc) is 2.61. The minimum Gasteiger partial charge on any atom is -0.508 e. The highest BCUT2D eigenvalue weighted by Crippen LogP contribution is 2.22. The Labute approximate surface area is 139 Å². The van der Waals surface area contributed by atoms with Gasteiger partial charge in [0.1, 0.15) is 23.9 Å². The number of phenols is 1. The van der Waals surface area contributed by atoms with Gasteiger partial charge in [-0.2, -0.15) is 0 Å². The van der Waals surface area contributed by atoms with Gasteiger partial charge in [-0.1, -0.05) is 36.4 Å². The van der Waals surface area contributed by atoms with Gasteiger partial charge in [-0.05, 0) is 48.0 Å². The molecule has 0 aliphatic carbocycles. The Kier molecular flexibility index (Phi) is 4.77. The summed E-state index contributed by atoms with van der Waals surface area (Å²) in [6, 6.07) is 22.9. The standard InChI is InChI=1S/C20H16O4/c21-17-8-5-7-16(13-17)20(22)23-14-15-6-4-11-19(12-15)24-18-9-2-1-3-10-18/h1-13,21H,14H2. The first-order chi connectivity index (χ1) is 11.7. The fraction of sp³-hybridized carbons (Fsp3) is 0.0500. The summed E-state index contributed by atoms with van der Waals surface area (Å²) in [5.74, 6) is 0.960. The molecule has 0 fully saturated rings. The van der Waals surface area contributed by atoms with Crippen LogP contribution in [-0.2, 0) is 11.3 Å². The molecule has 0 unspecified atom stereocenters. The Morgan fingerprint density at radius 1 is 0.833 bits per heavy atom. The summed E-state index contributed by atoms with van der Waals surface area (Å²) in [6.45, 7) is 0.125. The first-order valence-electron chi connectivity index (χ1n) is 7.49. The zero-order chi connectivity index (χ0) is 16.8. The average molecular weight is 320 g/mol. The molecule has 0 aliphatic heterocycles. The first-order valence-corrected chi connectivity index (χ1v) is 7.49. The van der Waals surface area contributed by atoms with E-state index in [2.05, 4.69) is 0 Å². The van der Waals surface area contributed by atoms with Crippen LogP contribution in [0.2, 0.25) is 0 Å². The van der Waals surface area contributed by atoms with E-state index >= 15 is 0 Å². The molecule has 0 radical (unpaired) electrons. The normalized spacial score (nSPS) is 10.2. The van der Waals surface area contributed by atoms with Crippen LogP contribution < -0.4 is 4.74 Å². The molecule has 0 aliphatic rings. The van der Waals surface area contributed by atoms with Crippen LogP contribution >= 0.6 is 0 Å². The minimum absolute atomic E-state index is 0.0303. The zero-order valence-electron chi connectivity index (χ0n) is 12.9. The van der Waals surface area contributed by atoms with Crippen molar-refractivity contribution in [3.63, 3.8) is 0 Å². The van der Waals surface area contributed by atoms with Crippen molar-refractivity contribution in [1.82, 2.24) is 0 Å². The summed E-state index contributed by atoms with van der Waals surface area (Å²) < 4.78 is 11.0.